The van der Waals surface area contributed by atoms with Gasteiger partial charge in [0.25, 0.3) is 0 Å². The van der Waals surface area contributed by atoms with Crippen LogP contribution < -0.4 is 21.3 Å². The van der Waals surface area contributed by atoms with Crippen molar-refractivity contribution in [3.63, 3.8) is 0 Å². The molecule has 0 spiro atoms. The summed E-state index contributed by atoms with van der Waals surface area (Å²) in [6.45, 7) is 5.18. The first kappa shape index (κ1) is 14.0. The van der Waals surface area contributed by atoms with E-state index in [-0.39, 0.29) is 18.1 Å². The summed E-state index contributed by atoms with van der Waals surface area (Å²) in [7, 11) is 0. The molecule has 2 heterocycles. The van der Waals surface area contributed by atoms with Gasteiger partial charge in [0, 0.05) is 25.5 Å². The largest absolute Gasteiger partial charge is 0.461 e. The van der Waals surface area contributed by atoms with Crippen LogP contribution in [0, 0.1) is 0 Å². The van der Waals surface area contributed by atoms with Gasteiger partial charge in [0.15, 0.2) is 0 Å². The Kier molecular flexibility index (Phi) is 4.66. The predicted octanol–water partition coefficient (Wildman–Crippen LogP) is 0.253. The number of hydrogen-bond acceptors (Lipinski definition) is 8. The molecule has 9 nitrogen and oxygen atoms in total. The van der Waals surface area contributed by atoms with Crippen molar-refractivity contribution in [2.75, 3.05) is 17.3 Å². The molecule has 0 aliphatic heterocycles. The summed E-state index contributed by atoms with van der Waals surface area (Å²) in [4.78, 5) is 16.3. The molecular weight excluding hydrogens is 260 g/mol. The van der Waals surface area contributed by atoms with E-state index in [1.54, 1.807) is 12.5 Å². The fraction of sp³-hybridized carbons (Fsp3) is 0.455. The number of anilines is 2. The number of nitrogens with one attached hydrogen (secondary N) is 2. The van der Waals surface area contributed by atoms with Crippen molar-refractivity contribution < 1.29 is 4.74 Å². The molecule has 2 aromatic rings. The summed E-state index contributed by atoms with van der Waals surface area (Å²) >= 11 is 0. The Labute approximate surface area is 116 Å². The summed E-state index contributed by atoms with van der Waals surface area (Å²) in [5, 5.41) is 3.08. The van der Waals surface area contributed by atoms with Crippen LogP contribution in [0.15, 0.2) is 18.7 Å². The van der Waals surface area contributed by atoms with Gasteiger partial charge in [-0.15, -0.1) is 0 Å². The van der Waals surface area contributed by atoms with Crippen molar-refractivity contribution in [3.8, 4) is 6.01 Å². The Balaban J connectivity index is 1.98. The lowest BCUT2D eigenvalue weighted by atomic mass is 10.5. The number of hydrogen-bond donors (Lipinski definition) is 3. The Morgan fingerprint density at radius 1 is 1.30 bits per heavy atom. The quantitative estimate of drug-likeness (QED) is 0.487. The summed E-state index contributed by atoms with van der Waals surface area (Å²) in [5.41, 5.74) is 2.39. The zero-order chi connectivity index (χ0) is 14.4. The van der Waals surface area contributed by atoms with Crippen LogP contribution in [0.25, 0.3) is 0 Å². The molecule has 2 rings (SSSR count). The number of rotatable bonds is 7. The number of hydrazine groups is 1. The SMILES string of the molecule is CC(C)Oc1nc(NN)nc(NCCn2ccnc2)n1. The molecule has 108 valence electrons. The van der Waals surface area contributed by atoms with Crippen molar-refractivity contribution in [1.29, 1.82) is 0 Å². The van der Waals surface area contributed by atoms with Gasteiger partial charge in [0.05, 0.1) is 12.4 Å². The lowest BCUT2D eigenvalue weighted by molar-refractivity contribution is 0.222. The maximum Gasteiger partial charge on any atom is 0.323 e. The number of aromatic nitrogens is 5. The fourth-order valence-electron chi connectivity index (χ4n) is 1.48. The van der Waals surface area contributed by atoms with Crippen LogP contribution in [0.3, 0.4) is 0 Å². The molecule has 20 heavy (non-hydrogen) atoms. The maximum atomic E-state index is 5.44. The summed E-state index contributed by atoms with van der Waals surface area (Å²) in [6.07, 6.45) is 5.33. The molecule has 0 aromatic carbocycles. The van der Waals surface area contributed by atoms with Crippen LogP contribution in [0.1, 0.15) is 13.8 Å². The Hall–Kier alpha value is -2.42. The minimum Gasteiger partial charge on any atom is -0.461 e. The molecule has 9 heteroatoms. The molecule has 0 saturated heterocycles. The average molecular weight is 278 g/mol. The highest BCUT2D eigenvalue weighted by Crippen LogP contribution is 2.11. The van der Waals surface area contributed by atoms with Gasteiger partial charge in [-0.2, -0.15) is 15.0 Å². The van der Waals surface area contributed by atoms with Crippen LogP contribution in [0.4, 0.5) is 11.9 Å². The molecule has 0 unspecified atom stereocenters. The minimum atomic E-state index is -0.0261. The third-order valence-corrected chi connectivity index (χ3v) is 2.30. The molecule has 0 aliphatic carbocycles. The van der Waals surface area contributed by atoms with Crippen molar-refractivity contribution >= 4 is 11.9 Å². The minimum absolute atomic E-state index is 0.0261. The third kappa shape index (κ3) is 4.05. The van der Waals surface area contributed by atoms with E-state index >= 15 is 0 Å². The van der Waals surface area contributed by atoms with E-state index in [1.807, 2.05) is 24.6 Å². The lowest BCUT2D eigenvalue weighted by Crippen LogP contribution is -2.17. The molecule has 0 radical (unpaired) electrons. The number of nitrogens with two attached hydrogens (primary N) is 1. The average Bonchev–Trinajstić information content (AvgIpc) is 2.91. The second kappa shape index (κ2) is 6.66. The highest BCUT2D eigenvalue weighted by atomic mass is 16.5. The van der Waals surface area contributed by atoms with Crippen molar-refractivity contribution in [2.24, 2.45) is 5.84 Å². The van der Waals surface area contributed by atoms with Gasteiger partial charge < -0.3 is 14.6 Å². The predicted molar refractivity (Wildman–Crippen MR) is 74.1 cm³/mol. The number of imidazole rings is 1. The van der Waals surface area contributed by atoms with E-state index in [4.69, 9.17) is 10.6 Å². The molecule has 0 bridgehead atoms. The van der Waals surface area contributed by atoms with E-state index in [2.05, 4.69) is 30.7 Å². The zero-order valence-corrected chi connectivity index (χ0v) is 11.4. The molecule has 4 N–H and O–H groups in total. The van der Waals surface area contributed by atoms with Crippen LogP contribution >= 0.6 is 0 Å². The summed E-state index contributed by atoms with van der Waals surface area (Å²) < 4.78 is 7.38. The van der Waals surface area contributed by atoms with Gasteiger partial charge in [-0.05, 0) is 13.8 Å². The fourth-order valence-corrected chi connectivity index (χ4v) is 1.48. The molecule has 0 atom stereocenters. The van der Waals surface area contributed by atoms with E-state index in [0.29, 0.717) is 12.5 Å². The Bertz CT molecular complexity index is 527. The third-order valence-electron chi connectivity index (χ3n) is 2.30. The standard InChI is InChI=1S/C11H18N8O/c1-8(2)20-11-16-9(15-10(17-11)18-12)14-4-6-19-5-3-13-7-19/h3,5,7-8H,4,6,12H2,1-2H3,(H2,14,15,16,17,18). The molecule has 0 fully saturated rings. The highest BCUT2D eigenvalue weighted by Gasteiger charge is 2.08. The maximum absolute atomic E-state index is 5.44. The zero-order valence-electron chi connectivity index (χ0n) is 11.4. The molecule has 0 aliphatic rings. The first-order chi connectivity index (χ1) is 9.67. The van der Waals surface area contributed by atoms with Gasteiger partial charge in [-0.25, -0.2) is 10.8 Å². The number of nitrogen functional groups attached to an aromatic ring is 1. The van der Waals surface area contributed by atoms with Gasteiger partial charge in [-0.3, -0.25) is 5.43 Å². The highest BCUT2D eigenvalue weighted by molar-refractivity contribution is 5.34. The van der Waals surface area contributed by atoms with Crippen molar-refractivity contribution in [2.45, 2.75) is 26.5 Å². The van der Waals surface area contributed by atoms with Crippen LogP contribution in [-0.2, 0) is 6.54 Å². The molecular formula is C11H18N8O. The van der Waals surface area contributed by atoms with E-state index in [9.17, 15) is 0 Å². The normalized spacial score (nSPS) is 10.6. The van der Waals surface area contributed by atoms with Gasteiger partial charge in [0.1, 0.15) is 0 Å². The van der Waals surface area contributed by atoms with E-state index in [1.165, 1.54) is 0 Å². The molecule has 2 aromatic heterocycles. The molecule has 0 amide bonds. The van der Waals surface area contributed by atoms with E-state index < -0.39 is 0 Å². The Morgan fingerprint density at radius 3 is 2.75 bits per heavy atom. The molecule has 0 saturated carbocycles. The first-order valence-electron chi connectivity index (χ1n) is 6.26. The van der Waals surface area contributed by atoms with E-state index in [0.717, 1.165) is 6.54 Å². The van der Waals surface area contributed by atoms with Gasteiger partial charge in [-0.1, -0.05) is 0 Å². The number of nitrogens with zero attached hydrogens (tertiary/aromatic N) is 5. The topological polar surface area (TPSA) is 116 Å². The van der Waals surface area contributed by atoms with Crippen LogP contribution in [-0.4, -0.2) is 37.2 Å². The van der Waals surface area contributed by atoms with Crippen molar-refractivity contribution in [1.82, 2.24) is 24.5 Å². The first-order valence-corrected chi connectivity index (χ1v) is 6.26. The lowest BCUT2D eigenvalue weighted by Gasteiger charge is -2.11. The second-order valence-electron chi connectivity index (χ2n) is 4.30. The van der Waals surface area contributed by atoms with Gasteiger partial charge >= 0.3 is 6.01 Å². The number of ether oxygens (including phenoxy) is 1. The monoisotopic (exact) mass is 278 g/mol. The van der Waals surface area contributed by atoms with Crippen LogP contribution in [0.5, 0.6) is 6.01 Å². The Morgan fingerprint density at radius 2 is 2.10 bits per heavy atom. The summed E-state index contributed by atoms with van der Waals surface area (Å²) in [6, 6.07) is 0.230. The smallest absolute Gasteiger partial charge is 0.323 e. The van der Waals surface area contributed by atoms with Crippen molar-refractivity contribution in [3.05, 3.63) is 18.7 Å². The summed E-state index contributed by atoms with van der Waals surface area (Å²) in [5.74, 6) is 5.98. The second-order valence-corrected chi connectivity index (χ2v) is 4.30. The van der Waals surface area contributed by atoms with Gasteiger partial charge in [0.2, 0.25) is 11.9 Å². The van der Waals surface area contributed by atoms with Crippen LogP contribution in [0.2, 0.25) is 0 Å².